The van der Waals surface area contributed by atoms with Crippen LogP contribution in [0.3, 0.4) is 0 Å². The van der Waals surface area contributed by atoms with Crippen molar-refractivity contribution >= 4 is 12.2 Å². The third-order valence-electron chi connectivity index (χ3n) is 2.86. The maximum atomic E-state index is 13.1. The highest BCUT2D eigenvalue weighted by atomic mass is 32.1. The van der Waals surface area contributed by atoms with E-state index in [1.807, 2.05) is 13.8 Å². The summed E-state index contributed by atoms with van der Waals surface area (Å²) in [6.07, 6.45) is -0.839. The highest BCUT2D eigenvalue weighted by molar-refractivity contribution is 7.71. The van der Waals surface area contributed by atoms with Gasteiger partial charge in [-0.05, 0) is 12.0 Å². The number of pyridine rings is 1. The van der Waals surface area contributed by atoms with Crippen molar-refractivity contribution in [2.24, 2.45) is 0 Å². The van der Waals surface area contributed by atoms with Crippen LogP contribution >= 0.6 is 12.2 Å². The first-order valence-corrected chi connectivity index (χ1v) is 6.32. The first-order chi connectivity index (χ1) is 9.32. The van der Waals surface area contributed by atoms with Crippen LogP contribution in [0.4, 0.5) is 13.2 Å². The van der Waals surface area contributed by atoms with E-state index >= 15 is 0 Å². The molecule has 0 fully saturated rings. The molecular weight excluding hydrogens is 287 g/mol. The van der Waals surface area contributed by atoms with Gasteiger partial charge < -0.3 is 4.98 Å². The zero-order valence-electron chi connectivity index (χ0n) is 10.8. The standard InChI is InChI=1S/C13H12F3N3S/c1-7(2)10-11(18-6-19-12(10)20)8-5-17-4-3-9(8)13(14,15)16/h3-7H,1-2H3,(H,18,19,20). The fraction of sp³-hybridized carbons (Fsp3) is 0.308. The average molecular weight is 299 g/mol. The normalized spacial score (nSPS) is 11.9. The van der Waals surface area contributed by atoms with Crippen molar-refractivity contribution in [2.45, 2.75) is 25.9 Å². The van der Waals surface area contributed by atoms with Crippen LogP contribution in [-0.4, -0.2) is 15.0 Å². The van der Waals surface area contributed by atoms with Crippen molar-refractivity contribution in [1.82, 2.24) is 15.0 Å². The maximum Gasteiger partial charge on any atom is 0.417 e. The highest BCUT2D eigenvalue weighted by Gasteiger charge is 2.34. The van der Waals surface area contributed by atoms with Crippen molar-refractivity contribution in [2.75, 3.05) is 0 Å². The van der Waals surface area contributed by atoms with E-state index < -0.39 is 11.7 Å². The molecule has 1 N–H and O–H groups in total. The Labute approximate surface area is 118 Å². The predicted octanol–water partition coefficient (Wildman–Crippen LogP) is 4.34. The van der Waals surface area contributed by atoms with Crippen LogP contribution in [0.15, 0.2) is 24.8 Å². The predicted molar refractivity (Wildman–Crippen MR) is 71.7 cm³/mol. The molecule has 20 heavy (non-hydrogen) atoms. The summed E-state index contributed by atoms with van der Waals surface area (Å²) < 4.78 is 39.5. The van der Waals surface area contributed by atoms with Crippen molar-refractivity contribution in [3.8, 4) is 11.3 Å². The van der Waals surface area contributed by atoms with Gasteiger partial charge in [0.25, 0.3) is 0 Å². The molecule has 7 heteroatoms. The molecule has 2 aromatic heterocycles. The summed E-state index contributed by atoms with van der Waals surface area (Å²) in [6.45, 7) is 3.71. The van der Waals surface area contributed by atoms with E-state index in [2.05, 4.69) is 15.0 Å². The van der Waals surface area contributed by atoms with Gasteiger partial charge in [0, 0.05) is 23.5 Å². The topological polar surface area (TPSA) is 41.6 Å². The number of hydrogen-bond donors (Lipinski definition) is 1. The number of H-pyrrole nitrogens is 1. The number of halogens is 3. The lowest BCUT2D eigenvalue weighted by Crippen LogP contribution is -2.09. The largest absolute Gasteiger partial charge is 0.417 e. The van der Waals surface area contributed by atoms with E-state index in [0.717, 1.165) is 12.3 Å². The maximum absolute atomic E-state index is 13.1. The summed E-state index contributed by atoms with van der Waals surface area (Å²) in [6, 6.07) is 0.955. The second-order valence-electron chi connectivity index (χ2n) is 4.57. The van der Waals surface area contributed by atoms with Gasteiger partial charge in [0.1, 0.15) is 4.64 Å². The molecule has 0 aromatic carbocycles. The summed E-state index contributed by atoms with van der Waals surface area (Å²) >= 11 is 5.12. The second kappa shape index (κ2) is 5.32. The minimum atomic E-state index is -4.45. The molecule has 0 radical (unpaired) electrons. The summed E-state index contributed by atoms with van der Waals surface area (Å²) in [4.78, 5) is 10.5. The number of nitrogens with one attached hydrogen (secondary N) is 1. The van der Waals surface area contributed by atoms with Gasteiger partial charge in [-0.1, -0.05) is 26.1 Å². The van der Waals surface area contributed by atoms with Crippen molar-refractivity contribution in [1.29, 1.82) is 0 Å². The molecule has 3 nitrogen and oxygen atoms in total. The number of alkyl halides is 3. The fourth-order valence-electron chi connectivity index (χ4n) is 2.01. The lowest BCUT2D eigenvalue weighted by molar-refractivity contribution is -0.137. The highest BCUT2D eigenvalue weighted by Crippen LogP contribution is 2.38. The minimum Gasteiger partial charge on any atom is -0.345 e. The third-order valence-corrected chi connectivity index (χ3v) is 3.19. The fourth-order valence-corrected chi connectivity index (χ4v) is 2.40. The van der Waals surface area contributed by atoms with E-state index in [-0.39, 0.29) is 11.5 Å². The SMILES string of the molecule is CC(C)c1c(-c2cnccc2C(F)(F)F)[nH]cnc1=S. The quantitative estimate of drug-likeness (QED) is 0.839. The van der Waals surface area contributed by atoms with E-state index in [1.165, 1.54) is 12.5 Å². The minimum absolute atomic E-state index is 0.0165. The number of aromatic amines is 1. The molecular formula is C13H12F3N3S. The van der Waals surface area contributed by atoms with Gasteiger partial charge in [-0.3, -0.25) is 4.98 Å². The van der Waals surface area contributed by atoms with Crippen LogP contribution in [0.25, 0.3) is 11.3 Å². The Bertz CT molecular complexity index is 677. The molecule has 106 valence electrons. The molecule has 0 spiro atoms. The zero-order valence-corrected chi connectivity index (χ0v) is 11.6. The van der Waals surface area contributed by atoms with E-state index in [1.54, 1.807) is 0 Å². The number of hydrogen-bond acceptors (Lipinski definition) is 3. The van der Waals surface area contributed by atoms with Crippen LogP contribution in [0.5, 0.6) is 0 Å². The molecule has 2 rings (SSSR count). The van der Waals surface area contributed by atoms with Gasteiger partial charge in [0.2, 0.25) is 0 Å². The lowest BCUT2D eigenvalue weighted by Gasteiger charge is -2.16. The Morgan fingerprint density at radius 1 is 1.30 bits per heavy atom. The molecule has 0 atom stereocenters. The number of aromatic nitrogens is 3. The Morgan fingerprint density at radius 3 is 2.60 bits per heavy atom. The first kappa shape index (κ1) is 14.6. The molecule has 0 aliphatic rings. The first-order valence-electron chi connectivity index (χ1n) is 5.91. The van der Waals surface area contributed by atoms with Gasteiger partial charge in [-0.25, -0.2) is 4.98 Å². The van der Waals surface area contributed by atoms with Gasteiger partial charge in [-0.2, -0.15) is 13.2 Å². The van der Waals surface area contributed by atoms with Crippen LogP contribution in [0.1, 0.15) is 30.9 Å². The van der Waals surface area contributed by atoms with Gasteiger partial charge in [-0.15, -0.1) is 0 Å². The van der Waals surface area contributed by atoms with Crippen LogP contribution in [0, 0.1) is 4.64 Å². The lowest BCUT2D eigenvalue weighted by atomic mass is 9.97. The Morgan fingerprint density at radius 2 is 2.00 bits per heavy atom. The summed E-state index contributed by atoms with van der Waals surface area (Å²) in [5.41, 5.74) is 0.143. The van der Waals surface area contributed by atoms with Crippen molar-refractivity contribution in [3.63, 3.8) is 0 Å². The smallest absolute Gasteiger partial charge is 0.345 e. The van der Waals surface area contributed by atoms with Crippen LogP contribution in [0.2, 0.25) is 0 Å². The Hall–Kier alpha value is -1.76. The van der Waals surface area contributed by atoms with Gasteiger partial charge in [0.05, 0.1) is 17.6 Å². The van der Waals surface area contributed by atoms with Crippen LogP contribution in [-0.2, 0) is 6.18 Å². The van der Waals surface area contributed by atoms with Crippen molar-refractivity contribution in [3.05, 3.63) is 40.6 Å². The Balaban J connectivity index is 2.77. The zero-order chi connectivity index (χ0) is 14.9. The third kappa shape index (κ3) is 2.72. The van der Waals surface area contributed by atoms with Gasteiger partial charge in [0.15, 0.2) is 0 Å². The molecule has 0 saturated heterocycles. The van der Waals surface area contributed by atoms with Crippen molar-refractivity contribution < 1.29 is 13.2 Å². The molecule has 0 aliphatic heterocycles. The summed E-state index contributed by atoms with van der Waals surface area (Å²) in [5, 5.41) is 0. The molecule has 0 amide bonds. The molecule has 2 heterocycles. The molecule has 0 saturated carbocycles. The summed E-state index contributed by atoms with van der Waals surface area (Å²) in [5.74, 6) is -0.0521. The second-order valence-corrected chi connectivity index (χ2v) is 4.96. The number of rotatable bonds is 2. The molecule has 0 unspecified atom stereocenters. The average Bonchev–Trinajstić information content (AvgIpc) is 2.37. The molecule has 2 aromatic rings. The van der Waals surface area contributed by atoms with Gasteiger partial charge >= 0.3 is 6.18 Å². The summed E-state index contributed by atoms with van der Waals surface area (Å²) in [7, 11) is 0. The molecule has 0 bridgehead atoms. The Kier molecular flexibility index (Phi) is 3.89. The molecule has 0 aliphatic carbocycles. The van der Waals surface area contributed by atoms with E-state index in [0.29, 0.717) is 15.9 Å². The van der Waals surface area contributed by atoms with E-state index in [9.17, 15) is 13.2 Å². The number of nitrogens with zero attached hydrogens (tertiary/aromatic N) is 2. The van der Waals surface area contributed by atoms with E-state index in [4.69, 9.17) is 12.2 Å². The van der Waals surface area contributed by atoms with Crippen LogP contribution < -0.4 is 0 Å². The monoisotopic (exact) mass is 299 g/mol.